The molecule has 0 bridgehead atoms. The van der Waals surface area contributed by atoms with Crippen LogP contribution < -0.4 is 5.32 Å². The highest BCUT2D eigenvalue weighted by molar-refractivity contribution is 9.09. The van der Waals surface area contributed by atoms with Crippen molar-refractivity contribution in [2.45, 2.75) is 36.6 Å². The van der Waals surface area contributed by atoms with Crippen LogP contribution in [-0.4, -0.2) is 21.8 Å². The van der Waals surface area contributed by atoms with Crippen LogP contribution in [-0.2, 0) is 0 Å². The summed E-state index contributed by atoms with van der Waals surface area (Å²) in [5.74, 6) is -0.00116. The first-order valence-corrected chi connectivity index (χ1v) is 6.54. The maximum atomic E-state index is 11.9. The highest BCUT2D eigenvalue weighted by atomic mass is 79.9. The minimum Gasteiger partial charge on any atom is -0.348 e. The van der Waals surface area contributed by atoms with Gasteiger partial charge in [0.25, 0.3) is 5.91 Å². The fraction of sp³-hybridized carbons (Fsp3) is 0.500. The first-order chi connectivity index (χ1) is 7.77. The molecule has 3 nitrogen and oxygen atoms in total. The molecule has 0 aliphatic heterocycles. The molecule has 1 aliphatic rings. The zero-order chi connectivity index (χ0) is 11.4. The van der Waals surface area contributed by atoms with Gasteiger partial charge >= 0.3 is 0 Å². The Morgan fingerprint density at radius 3 is 2.69 bits per heavy atom. The number of rotatable bonds is 2. The van der Waals surface area contributed by atoms with Crippen LogP contribution in [0.15, 0.2) is 24.5 Å². The number of carbonyl (C=O) groups is 1. The lowest BCUT2D eigenvalue weighted by atomic mass is 9.95. The van der Waals surface area contributed by atoms with Crippen molar-refractivity contribution in [3.8, 4) is 0 Å². The van der Waals surface area contributed by atoms with Crippen molar-refractivity contribution in [1.29, 1.82) is 0 Å². The molecule has 4 heteroatoms. The van der Waals surface area contributed by atoms with Gasteiger partial charge < -0.3 is 5.32 Å². The Kier molecular flexibility index (Phi) is 3.93. The average molecular weight is 283 g/mol. The molecule has 1 aromatic heterocycles. The maximum absolute atomic E-state index is 11.9. The number of hydrogen-bond donors (Lipinski definition) is 1. The summed E-state index contributed by atoms with van der Waals surface area (Å²) in [6.07, 6.45) is 7.93. The molecule has 2 unspecified atom stereocenters. The van der Waals surface area contributed by atoms with Crippen LogP contribution >= 0.6 is 15.9 Å². The molecular formula is C12H15BrN2O. The molecule has 0 aromatic carbocycles. The summed E-state index contributed by atoms with van der Waals surface area (Å²) >= 11 is 3.63. The average Bonchev–Trinajstić information content (AvgIpc) is 2.33. The normalized spacial score (nSPS) is 25.1. The molecule has 2 atom stereocenters. The maximum Gasteiger partial charge on any atom is 0.251 e. The fourth-order valence-electron chi connectivity index (χ4n) is 2.00. The van der Waals surface area contributed by atoms with Gasteiger partial charge in [-0.1, -0.05) is 28.8 Å². The van der Waals surface area contributed by atoms with Gasteiger partial charge in [-0.15, -0.1) is 0 Å². The van der Waals surface area contributed by atoms with Gasteiger partial charge in [0.05, 0.1) is 0 Å². The third-order valence-corrected chi connectivity index (χ3v) is 4.04. The summed E-state index contributed by atoms with van der Waals surface area (Å²) in [5.41, 5.74) is 0.681. The number of amides is 1. The molecule has 1 aromatic rings. The lowest BCUT2D eigenvalue weighted by Crippen LogP contribution is -2.42. The van der Waals surface area contributed by atoms with E-state index < -0.39 is 0 Å². The lowest BCUT2D eigenvalue weighted by Gasteiger charge is -2.28. The summed E-state index contributed by atoms with van der Waals surface area (Å²) < 4.78 is 0. The Hall–Kier alpha value is -0.900. The molecule has 1 N–H and O–H groups in total. The minimum atomic E-state index is -0.00116. The van der Waals surface area contributed by atoms with E-state index in [0.717, 1.165) is 12.8 Å². The fourth-order valence-corrected chi connectivity index (χ4v) is 2.72. The van der Waals surface area contributed by atoms with Crippen molar-refractivity contribution in [2.75, 3.05) is 0 Å². The highest BCUT2D eigenvalue weighted by Crippen LogP contribution is 2.24. The van der Waals surface area contributed by atoms with Gasteiger partial charge in [0.15, 0.2) is 0 Å². The molecule has 1 aliphatic carbocycles. The van der Waals surface area contributed by atoms with E-state index in [1.165, 1.54) is 12.8 Å². The van der Waals surface area contributed by atoms with E-state index in [1.54, 1.807) is 24.5 Å². The number of aromatic nitrogens is 1. The Balaban J connectivity index is 1.96. The first-order valence-electron chi connectivity index (χ1n) is 5.62. The number of pyridine rings is 1. The monoisotopic (exact) mass is 282 g/mol. The molecule has 16 heavy (non-hydrogen) atoms. The van der Waals surface area contributed by atoms with Gasteiger partial charge in [0, 0.05) is 28.8 Å². The van der Waals surface area contributed by atoms with Crippen molar-refractivity contribution in [2.24, 2.45) is 0 Å². The van der Waals surface area contributed by atoms with Crippen molar-refractivity contribution >= 4 is 21.8 Å². The lowest BCUT2D eigenvalue weighted by molar-refractivity contribution is 0.0929. The standard InChI is InChI=1S/C12H15BrN2O/c13-10-3-1-2-4-11(10)15-12(16)9-5-7-14-8-6-9/h5-8,10-11H,1-4H2,(H,15,16). The number of hydrogen-bond acceptors (Lipinski definition) is 2. The second kappa shape index (κ2) is 5.43. The van der Waals surface area contributed by atoms with Gasteiger partial charge in [-0.2, -0.15) is 0 Å². The van der Waals surface area contributed by atoms with Gasteiger partial charge in [0.1, 0.15) is 0 Å². The van der Waals surface area contributed by atoms with E-state index in [4.69, 9.17) is 0 Å². The van der Waals surface area contributed by atoms with E-state index in [1.807, 2.05) is 0 Å². The summed E-state index contributed by atoms with van der Waals surface area (Å²) in [5, 5.41) is 3.07. The Morgan fingerprint density at radius 2 is 2.00 bits per heavy atom. The van der Waals surface area contributed by atoms with Crippen LogP contribution in [0.2, 0.25) is 0 Å². The predicted molar refractivity (Wildman–Crippen MR) is 66.7 cm³/mol. The van der Waals surface area contributed by atoms with E-state index in [2.05, 4.69) is 26.2 Å². The van der Waals surface area contributed by atoms with Gasteiger partial charge in [-0.05, 0) is 25.0 Å². The third kappa shape index (κ3) is 2.82. The van der Waals surface area contributed by atoms with Gasteiger partial charge in [-0.25, -0.2) is 0 Å². The largest absolute Gasteiger partial charge is 0.348 e. The minimum absolute atomic E-state index is 0.00116. The Labute approximate surface area is 104 Å². The quantitative estimate of drug-likeness (QED) is 0.847. The number of alkyl halides is 1. The van der Waals surface area contributed by atoms with E-state index >= 15 is 0 Å². The number of nitrogens with one attached hydrogen (secondary N) is 1. The van der Waals surface area contributed by atoms with Crippen molar-refractivity contribution in [3.05, 3.63) is 30.1 Å². The zero-order valence-corrected chi connectivity index (χ0v) is 10.6. The number of carbonyl (C=O) groups excluding carboxylic acids is 1. The molecule has 1 saturated carbocycles. The molecule has 1 amide bonds. The molecule has 1 heterocycles. The topological polar surface area (TPSA) is 42.0 Å². The SMILES string of the molecule is O=C(NC1CCCCC1Br)c1ccncc1. The second-order valence-electron chi connectivity index (χ2n) is 4.12. The first kappa shape index (κ1) is 11.6. The summed E-state index contributed by atoms with van der Waals surface area (Å²) in [6, 6.07) is 3.73. The molecule has 0 spiro atoms. The van der Waals surface area contributed by atoms with Crippen LogP contribution in [0.4, 0.5) is 0 Å². The van der Waals surface area contributed by atoms with Crippen LogP contribution in [0, 0.1) is 0 Å². The Bertz CT molecular complexity index is 355. The smallest absolute Gasteiger partial charge is 0.251 e. The van der Waals surface area contributed by atoms with E-state index in [9.17, 15) is 4.79 Å². The van der Waals surface area contributed by atoms with Crippen LogP contribution in [0.5, 0.6) is 0 Å². The van der Waals surface area contributed by atoms with Crippen molar-refractivity contribution in [3.63, 3.8) is 0 Å². The molecular weight excluding hydrogens is 268 g/mol. The summed E-state index contributed by atoms with van der Waals surface area (Å²) in [6.45, 7) is 0. The van der Waals surface area contributed by atoms with Crippen LogP contribution in [0.1, 0.15) is 36.0 Å². The molecule has 0 radical (unpaired) electrons. The van der Waals surface area contributed by atoms with Crippen molar-refractivity contribution in [1.82, 2.24) is 10.3 Å². The van der Waals surface area contributed by atoms with E-state index in [-0.39, 0.29) is 11.9 Å². The molecule has 86 valence electrons. The highest BCUT2D eigenvalue weighted by Gasteiger charge is 2.24. The van der Waals surface area contributed by atoms with E-state index in [0.29, 0.717) is 10.4 Å². The van der Waals surface area contributed by atoms with Crippen LogP contribution in [0.3, 0.4) is 0 Å². The second-order valence-corrected chi connectivity index (χ2v) is 5.29. The molecule has 2 rings (SSSR count). The number of nitrogens with zero attached hydrogens (tertiary/aromatic N) is 1. The zero-order valence-electron chi connectivity index (χ0n) is 9.03. The summed E-state index contributed by atoms with van der Waals surface area (Å²) in [7, 11) is 0. The van der Waals surface area contributed by atoms with Crippen molar-refractivity contribution < 1.29 is 4.79 Å². The molecule has 1 fully saturated rings. The van der Waals surface area contributed by atoms with Gasteiger partial charge in [0.2, 0.25) is 0 Å². The number of halogens is 1. The summed E-state index contributed by atoms with van der Waals surface area (Å²) in [4.78, 5) is 16.2. The molecule has 0 saturated heterocycles. The predicted octanol–water partition coefficient (Wildman–Crippen LogP) is 2.52. The van der Waals surface area contributed by atoms with Crippen LogP contribution in [0.25, 0.3) is 0 Å². The third-order valence-electron chi connectivity index (χ3n) is 2.94. The Morgan fingerprint density at radius 1 is 1.31 bits per heavy atom. The van der Waals surface area contributed by atoms with Gasteiger partial charge in [-0.3, -0.25) is 9.78 Å².